The first-order valence-corrected chi connectivity index (χ1v) is 6.46. The van der Waals surface area contributed by atoms with Gasteiger partial charge in [-0.15, -0.1) is 0 Å². The summed E-state index contributed by atoms with van der Waals surface area (Å²) in [5.74, 6) is -0.0508. The average Bonchev–Trinajstić information content (AvgIpc) is 2.32. The van der Waals surface area contributed by atoms with Crippen molar-refractivity contribution in [3.63, 3.8) is 0 Å². The number of piperidine rings is 1. The Hall–Kier alpha value is -1.26. The minimum atomic E-state index is -0.449. The average molecular weight is 268 g/mol. The molecule has 2 atom stereocenters. The molecular weight excluding hydrogens is 250 g/mol. The van der Waals surface area contributed by atoms with Gasteiger partial charge in [0, 0.05) is 29.8 Å². The van der Waals surface area contributed by atoms with Gasteiger partial charge in [0.2, 0.25) is 0 Å². The molecule has 0 radical (unpaired) electrons. The van der Waals surface area contributed by atoms with Crippen molar-refractivity contribution < 1.29 is 4.79 Å². The minimum absolute atomic E-state index is 0.227. The second-order valence-electron chi connectivity index (χ2n) is 4.90. The molecule has 2 rings (SSSR count). The number of nitrogens with two attached hydrogens (primary N) is 2. The van der Waals surface area contributed by atoms with E-state index in [1.54, 1.807) is 12.1 Å². The maximum atomic E-state index is 11.5. The zero-order valence-electron chi connectivity index (χ0n) is 10.4. The van der Waals surface area contributed by atoms with Crippen molar-refractivity contribution in [2.24, 2.45) is 17.4 Å². The van der Waals surface area contributed by atoms with E-state index < -0.39 is 5.91 Å². The maximum absolute atomic E-state index is 11.5. The van der Waals surface area contributed by atoms with Gasteiger partial charge in [-0.1, -0.05) is 18.5 Å². The molecule has 1 aromatic carbocycles. The molecule has 0 saturated carbocycles. The number of halogens is 1. The number of rotatable bonds is 2. The highest BCUT2D eigenvalue weighted by molar-refractivity contribution is 6.31. The fourth-order valence-corrected chi connectivity index (χ4v) is 2.54. The van der Waals surface area contributed by atoms with E-state index in [2.05, 4.69) is 11.8 Å². The molecule has 4 N–H and O–H groups in total. The smallest absolute Gasteiger partial charge is 0.250 e. The molecule has 4 nitrogen and oxygen atoms in total. The van der Waals surface area contributed by atoms with Gasteiger partial charge in [0.15, 0.2) is 0 Å². The van der Waals surface area contributed by atoms with Crippen molar-refractivity contribution in [1.29, 1.82) is 0 Å². The predicted octanol–water partition coefficient (Wildman–Crippen LogP) is 1.61. The maximum Gasteiger partial charge on any atom is 0.250 e. The quantitative estimate of drug-likeness (QED) is 0.855. The monoisotopic (exact) mass is 267 g/mol. The molecule has 1 heterocycles. The fourth-order valence-electron chi connectivity index (χ4n) is 2.36. The van der Waals surface area contributed by atoms with E-state index in [0.717, 1.165) is 25.2 Å². The third-order valence-electron chi connectivity index (χ3n) is 3.54. The molecule has 98 valence electrons. The van der Waals surface area contributed by atoms with E-state index in [1.165, 1.54) is 0 Å². The number of amides is 1. The number of anilines is 1. The van der Waals surface area contributed by atoms with Crippen LogP contribution in [0.15, 0.2) is 18.2 Å². The van der Waals surface area contributed by atoms with Crippen LogP contribution < -0.4 is 16.4 Å². The number of carbonyl (C=O) groups excluding carboxylic acids is 1. The highest BCUT2D eigenvalue weighted by Crippen LogP contribution is 2.28. The first-order chi connectivity index (χ1) is 8.49. The van der Waals surface area contributed by atoms with Gasteiger partial charge in [-0.2, -0.15) is 0 Å². The molecule has 0 aromatic heterocycles. The van der Waals surface area contributed by atoms with Gasteiger partial charge in [-0.25, -0.2) is 0 Å². The lowest BCUT2D eigenvalue weighted by molar-refractivity contribution is 0.100. The Kier molecular flexibility index (Phi) is 3.78. The van der Waals surface area contributed by atoms with Crippen LogP contribution in [-0.2, 0) is 0 Å². The van der Waals surface area contributed by atoms with Crippen LogP contribution in [0.3, 0.4) is 0 Å². The molecule has 1 saturated heterocycles. The fraction of sp³-hybridized carbons (Fsp3) is 0.462. The Balaban J connectivity index is 2.30. The normalized spacial score (nSPS) is 24.1. The summed E-state index contributed by atoms with van der Waals surface area (Å²) in [7, 11) is 0. The number of carbonyl (C=O) groups is 1. The topological polar surface area (TPSA) is 72.3 Å². The van der Waals surface area contributed by atoms with Gasteiger partial charge in [0.05, 0.1) is 5.56 Å². The van der Waals surface area contributed by atoms with Gasteiger partial charge < -0.3 is 16.4 Å². The summed E-state index contributed by atoms with van der Waals surface area (Å²) >= 11 is 5.91. The highest BCUT2D eigenvalue weighted by Gasteiger charge is 2.25. The number of hydrogen-bond donors (Lipinski definition) is 2. The number of benzene rings is 1. The molecule has 18 heavy (non-hydrogen) atoms. The van der Waals surface area contributed by atoms with Gasteiger partial charge >= 0.3 is 0 Å². The zero-order valence-corrected chi connectivity index (χ0v) is 11.2. The van der Waals surface area contributed by atoms with Crippen molar-refractivity contribution in [3.8, 4) is 0 Å². The first kappa shape index (κ1) is 13.2. The van der Waals surface area contributed by atoms with Gasteiger partial charge in [0.25, 0.3) is 5.91 Å². The van der Waals surface area contributed by atoms with E-state index in [1.807, 2.05) is 6.07 Å². The zero-order chi connectivity index (χ0) is 13.3. The Labute approximate surface area is 112 Å². The molecule has 1 amide bonds. The summed E-state index contributed by atoms with van der Waals surface area (Å²) < 4.78 is 0. The second kappa shape index (κ2) is 5.16. The van der Waals surface area contributed by atoms with Crippen LogP contribution in [0.5, 0.6) is 0 Å². The van der Waals surface area contributed by atoms with Gasteiger partial charge in [-0.3, -0.25) is 4.79 Å². The van der Waals surface area contributed by atoms with Crippen molar-refractivity contribution in [3.05, 3.63) is 28.8 Å². The van der Waals surface area contributed by atoms with Crippen LogP contribution >= 0.6 is 11.6 Å². The Morgan fingerprint density at radius 1 is 1.50 bits per heavy atom. The van der Waals surface area contributed by atoms with Crippen LogP contribution in [0.1, 0.15) is 23.7 Å². The molecule has 1 aromatic rings. The third kappa shape index (κ3) is 2.60. The molecule has 0 aliphatic carbocycles. The number of nitrogens with zero attached hydrogens (tertiary/aromatic N) is 1. The van der Waals surface area contributed by atoms with Crippen molar-refractivity contribution in [1.82, 2.24) is 0 Å². The molecule has 1 aliphatic heterocycles. The molecule has 0 spiro atoms. The lowest BCUT2D eigenvalue weighted by Crippen LogP contribution is -2.46. The van der Waals surface area contributed by atoms with Crippen molar-refractivity contribution in [2.75, 3.05) is 18.0 Å². The SMILES string of the molecule is CC1CN(c2ccc(Cl)cc2C(N)=O)CCC1N. The van der Waals surface area contributed by atoms with Gasteiger partial charge in [-0.05, 0) is 30.5 Å². The van der Waals surface area contributed by atoms with Crippen LogP contribution in [-0.4, -0.2) is 25.0 Å². The lowest BCUT2D eigenvalue weighted by atomic mass is 9.94. The van der Waals surface area contributed by atoms with E-state index in [0.29, 0.717) is 16.5 Å². The standard InChI is InChI=1S/C13H18ClN3O/c1-8-7-17(5-4-11(8)15)12-3-2-9(14)6-10(12)13(16)18/h2-3,6,8,11H,4-5,7,15H2,1H3,(H2,16,18). The Bertz CT molecular complexity index is 464. The van der Waals surface area contributed by atoms with Crippen LogP contribution in [0.2, 0.25) is 5.02 Å². The van der Waals surface area contributed by atoms with E-state index in [-0.39, 0.29) is 6.04 Å². The molecule has 5 heteroatoms. The van der Waals surface area contributed by atoms with Crippen LogP contribution in [0.4, 0.5) is 5.69 Å². The van der Waals surface area contributed by atoms with Crippen LogP contribution in [0, 0.1) is 5.92 Å². The van der Waals surface area contributed by atoms with Crippen LogP contribution in [0.25, 0.3) is 0 Å². The summed E-state index contributed by atoms with van der Waals surface area (Å²) in [4.78, 5) is 13.6. The molecule has 1 fully saturated rings. The number of hydrogen-bond acceptors (Lipinski definition) is 3. The second-order valence-corrected chi connectivity index (χ2v) is 5.34. The largest absolute Gasteiger partial charge is 0.371 e. The molecule has 2 unspecified atom stereocenters. The van der Waals surface area contributed by atoms with E-state index >= 15 is 0 Å². The molecule has 1 aliphatic rings. The third-order valence-corrected chi connectivity index (χ3v) is 3.77. The molecule has 0 bridgehead atoms. The van der Waals surface area contributed by atoms with Gasteiger partial charge in [0.1, 0.15) is 0 Å². The first-order valence-electron chi connectivity index (χ1n) is 6.09. The predicted molar refractivity (Wildman–Crippen MR) is 73.9 cm³/mol. The summed E-state index contributed by atoms with van der Waals surface area (Å²) in [5.41, 5.74) is 12.7. The summed E-state index contributed by atoms with van der Waals surface area (Å²) in [5, 5.41) is 0.523. The Morgan fingerprint density at radius 2 is 2.22 bits per heavy atom. The Morgan fingerprint density at radius 3 is 2.83 bits per heavy atom. The molecular formula is C13H18ClN3O. The summed E-state index contributed by atoms with van der Waals surface area (Å²) in [6.07, 6.45) is 0.919. The van der Waals surface area contributed by atoms with E-state index in [9.17, 15) is 4.79 Å². The number of primary amides is 1. The van der Waals surface area contributed by atoms with E-state index in [4.69, 9.17) is 23.1 Å². The van der Waals surface area contributed by atoms with Crippen molar-refractivity contribution in [2.45, 2.75) is 19.4 Å². The summed E-state index contributed by atoms with van der Waals surface area (Å²) in [6, 6.07) is 5.48. The summed E-state index contributed by atoms with van der Waals surface area (Å²) in [6.45, 7) is 3.80. The minimum Gasteiger partial charge on any atom is -0.371 e. The lowest BCUT2D eigenvalue weighted by Gasteiger charge is -2.37. The highest BCUT2D eigenvalue weighted by atomic mass is 35.5. The van der Waals surface area contributed by atoms with Crippen molar-refractivity contribution >= 4 is 23.2 Å².